The Kier molecular flexibility index (Phi) is 4.54. The van der Waals surface area contributed by atoms with E-state index in [4.69, 9.17) is 16.0 Å². The van der Waals surface area contributed by atoms with Gasteiger partial charge in [0.15, 0.2) is 0 Å². The molecule has 0 amide bonds. The van der Waals surface area contributed by atoms with Crippen LogP contribution in [0.3, 0.4) is 0 Å². The van der Waals surface area contributed by atoms with E-state index >= 15 is 0 Å². The third-order valence-electron chi connectivity index (χ3n) is 2.28. The van der Waals surface area contributed by atoms with Gasteiger partial charge in [0.1, 0.15) is 10.8 Å². The molecule has 2 rings (SSSR count). The van der Waals surface area contributed by atoms with Crippen molar-refractivity contribution < 1.29 is 4.74 Å². The lowest BCUT2D eigenvalue weighted by Crippen LogP contribution is -1.98. The van der Waals surface area contributed by atoms with Gasteiger partial charge in [-0.2, -0.15) is 0 Å². The van der Waals surface area contributed by atoms with E-state index in [1.807, 2.05) is 24.3 Å². The lowest BCUT2D eigenvalue weighted by molar-refractivity contribution is 0.313. The smallest absolute Gasteiger partial charge is 0.203 e. The Morgan fingerprint density at radius 2 is 2.11 bits per heavy atom. The number of ether oxygens (including phenoxy) is 1. The Labute approximate surface area is 113 Å². The van der Waals surface area contributed by atoms with Crippen molar-refractivity contribution in [3.05, 3.63) is 34.7 Å². The predicted molar refractivity (Wildman–Crippen MR) is 73.9 cm³/mol. The molecule has 0 unspecified atom stereocenters. The van der Waals surface area contributed by atoms with Crippen molar-refractivity contribution in [1.82, 2.24) is 10.2 Å². The molecular weight excluding hydrogens is 264 g/mol. The van der Waals surface area contributed by atoms with Gasteiger partial charge < -0.3 is 10.5 Å². The van der Waals surface area contributed by atoms with Gasteiger partial charge in [0.2, 0.25) is 5.13 Å². The van der Waals surface area contributed by atoms with Crippen molar-refractivity contribution in [3.63, 3.8) is 0 Å². The van der Waals surface area contributed by atoms with E-state index in [1.165, 1.54) is 11.3 Å². The van der Waals surface area contributed by atoms with Gasteiger partial charge in [-0.1, -0.05) is 16.5 Å². The molecule has 0 atom stereocenters. The molecule has 2 aromatic rings. The summed E-state index contributed by atoms with van der Waals surface area (Å²) in [5, 5.41) is 12.4. The predicted octanol–water partition coefficient (Wildman–Crippen LogP) is 2.87. The van der Waals surface area contributed by atoms with Crippen LogP contribution >= 0.6 is 11.3 Å². The number of rotatable bonds is 6. The van der Waals surface area contributed by atoms with Gasteiger partial charge in [-0.15, -0.1) is 10.2 Å². The number of hydrogen-bond acceptors (Lipinski definition) is 6. The molecular formula is C11H12N6OS. The van der Waals surface area contributed by atoms with Crippen LogP contribution in [0.5, 0.6) is 5.75 Å². The number of azide groups is 1. The molecule has 1 aromatic carbocycles. The van der Waals surface area contributed by atoms with Crippen LogP contribution in [-0.4, -0.2) is 23.3 Å². The second-order valence-corrected chi connectivity index (χ2v) is 4.64. The van der Waals surface area contributed by atoms with Gasteiger partial charge in [-0.25, -0.2) is 0 Å². The average Bonchev–Trinajstić information content (AvgIpc) is 2.86. The molecule has 19 heavy (non-hydrogen) atoms. The molecule has 98 valence electrons. The minimum atomic E-state index is 0.443. The van der Waals surface area contributed by atoms with Gasteiger partial charge in [-0.05, 0) is 36.2 Å². The van der Waals surface area contributed by atoms with E-state index in [2.05, 4.69) is 20.2 Å². The van der Waals surface area contributed by atoms with Crippen LogP contribution in [0.4, 0.5) is 5.13 Å². The standard InChI is InChI=1S/C11H12N6OS/c12-11-16-15-10(19-11)8-2-4-9(5-3-8)18-7-1-6-14-17-13/h2-5H,1,6-7H2,(H2,12,16). The maximum absolute atomic E-state index is 8.12. The van der Waals surface area contributed by atoms with Crippen molar-refractivity contribution in [2.24, 2.45) is 5.11 Å². The van der Waals surface area contributed by atoms with Crippen molar-refractivity contribution in [2.75, 3.05) is 18.9 Å². The number of aromatic nitrogens is 2. The Balaban J connectivity index is 1.89. The van der Waals surface area contributed by atoms with E-state index in [-0.39, 0.29) is 0 Å². The number of nitrogen functional groups attached to an aromatic ring is 1. The number of benzene rings is 1. The van der Waals surface area contributed by atoms with Crippen molar-refractivity contribution >= 4 is 16.5 Å². The third-order valence-corrected chi connectivity index (χ3v) is 3.08. The normalized spacial score (nSPS) is 9.89. The molecule has 8 heteroatoms. The fraction of sp³-hybridized carbons (Fsp3) is 0.273. The van der Waals surface area contributed by atoms with Crippen LogP contribution < -0.4 is 10.5 Å². The molecule has 0 aliphatic rings. The number of nitrogens with two attached hydrogens (primary N) is 1. The first-order valence-corrected chi connectivity index (χ1v) is 6.44. The zero-order valence-electron chi connectivity index (χ0n) is 10.1. The Morgan fingerprint density at radius 1 is 1.32 bits per heavy atom. The van der Waals surface area contributed by atoms with Gasteiger partial charge in [0.05, 0.1) is 6.61 Å². The Bertz CT molecular complexity index is 575. The van der Waals surface area contributed by atoms with E-state index in [0.717, 1.165) is 16.3 Å². The fourth-order valence-corrected chi connectivity index (χ4v) is 2.03. The van der Waals surface area contributed by atoms with Gasteiger partial charge >= 0.3 is 0 Å². The van der Waals surface area contributed by atoms with Gasteiger partial charge in [0.25, 0.3) is 0 Å². The molecule has 0 aliphatic heterocycles. The SMILES string of the molecule is [N-]=[N+]=NCCCOc1ccc(-c2nnc(N)s2)cc1. The van der Waals surface area contributed by atoms with Crippen LogP contribution in [0.1, 0.15) is 6.42 Å². The molecule has 0 radical (unpaired) electrons. The number of hydrogen-bond donors (Lipinski definition) is 1. The molecule has 0 aliphatic carbocycles. The lowest BCUT2D eigenvalue weighted by Gasteiger charge is -2.05. The largest absolute Gasteiger partial charge is 0.494 e. The molecule has 0 spiro atoms. The highest BCUT2D eigenvalue weighted by Crippen LogP contribution is 2.26. The highest BCUT2D eigenvalue weighted by atomic mass is 32.1. The van der Waals surface area contributed by atoms with Gasteiger partial charge in [-0.3, -0.25) is 0 Å². The summed E-state index contributed by atoms with van der Waals surface area (Å²) in [6.45, 7) is 0.961. The second-order valence-electron chi connectivity index (χ2n) is 3.63. The quantitative estimate of drug-likeness (QED) is 0.378. The molecule has 0 saturated carbocycles. The third kappa shape index (κ3) is 3.84. The summed E-state index contributed by atoms with van der Waals surface area (Å²) < 4.78 is 5.51. The second kappa shape index (κ2) is 6.58. The zero-order valence-corrected chi connectivity index (χ0v) is 10.9. The van der Waals surface area contributed by atoms with Crippen molar-refractivity contribution in [1.29, 1.82) is 0 Å². The monoisotopic (exact) mass is 276 g/mol. The zero-order chi connectivity index (χ0) is 13.5. The summed E-state index contributed by atoms with van der Waals surface area (Å²) in [5.41, 5.74) is 14.6. The molecule has 7 nitrogen and oxygen atoms in total. The minimum absolute atomic E-state index is 0.443. The van der Waals surface area contributed by atoms with Gasteiger partial charge in [0, 0.05) is 17.0 Å². The fourth-order valence-electron chi connectivity index (χ4n) is 1.41. The highest BCUT2D eigenvalue weighted by molar-refractivity contribution is 7.18. The van der Waals surface area contributed by atoms with Crippen LogP contribution in [-0.2, 0) is 0 Å². The first-order chi connectivity index (χ1) is 9.29. The first kappa shape index (κ1) is 13.1. The van der Waals surface area contributed by atoms with E-state index in [0.29, 0.717) is 24.7 Å². The topological polar surface area (TPSA) is 110 Å². The average molecular weight is 276 g/mol. The van der Waals surface area contributed by atoms with Crippen LogP contribution in [0, 0.1) is 0 Å². The highest BCUT2D eigenvalue weighted by Gasteiger charge is 2.04. The lowest BCUT2D eigenvalue weighted by atomic mass is 10.2. The van der Waals surface area contributed by atoms with Crippen LogP contribution in [0.15, 0.2) is 29.4 Å². The Hall–Kier alpha value is -2.31. The maximum atomic E-state index is 8.12. The molecule has 1 aromatic heterocycles. The van der Waals surface area contributed by atoms with E-state index in [9.17, 15) is 0 Å². The summed E-state index contributed by atoms with van der Waals surface area (Å²) in [6.07, 6.45) is 0.693. The first-order valence-electron chi connectivity index (χ1n) is 5.62. The summed E-state index contributed by atoms with van der Waals surface area (Å²) in [6, 6.07) is 7.53. The van der Waals surface area contributed by atoms with Crippen molar-refractivity contribution in [3.8, 4) is 16.3 Å². The number of anilines is 1. The van der Waals surface area contributed by atoms with E-state index in [1.54, 1.807) is 0 Å². The van der Waals surface area contributed by atoms with E-state index < -0.39 is 0 Å². The molecule has 1 heterocycles. The molecule has 0 saturated heterocycles. The summed E-state index contributed by atoms with van der Waals surface area (Å²) in [5.74, 6) is 0.766. The molecule has 0 bridgehead atoms. The minimum Gasteiger partial charge on any atom is -0.494 e. The Morgan fingerprint density at radius 3 is 2.74 bits per heavy atom. The molecule has 2 N–H and O–H groups in total. The van der Waals surface area contributed by atoms with Crippen LogP contribution in [0.25, 0.3) is 21.0 Å². The maximum Gasteiger partial charge on any atom is 0.203 e. The number of nitrogens with zero attached hydrogens (tertiary/aromatic N) is 5. The van der Waals surface area contributed by atoms with Crippen LogP contribution in [0.2, 0.25) is 0 Å². The van der Waals surface area contributed by atoms with Crippen molar-refractivity contribution in [2.45, 2.75) is 6.42 Å². The summed E-state index contributed by atoms with van der Waals surface area (Å²) >= 11 is 1.34. The summed E-state index contributed by atoms with van der Waals surface area (Å²) in [4.78, 5) is 2.67. The summed E-state index contributed by atoms with van der Waals surface area (Å²) in [7, 11) is 0. The molecule has 0 fully saturated rings.